The Morgan fingerprint density at radius 3 is 2.65 bits per heavy atom. The van der Waals surface area contributed by atoms with Crippen LogP contribution in [0.3, 0.4) is 0 Å². The lowest BCUT2D eigenvalue weighted by Crippen LogP contribution is -2.43. The fourth-order valence-electron chi connectivity index (χ4n) is 3.55. The third kappa shape index (κ3) is 6.05. The minimum Gasteiger partial charge on any atom is -0.391 e. The van der Waals surface area contributed by atoms with Gasteiger partial charge < -0.3 is 20.1 Å². The van der Waals surface area contributed by atoms with Gasteiger partial charge in [-0.1, -0.05) is 20.8 Å². The number of aliphatic hydroxyl groups excluding tert-OH is 1. The van der Waals surface area contributed by atoms with Crippen molar-refractivity contribution in [2.45, 2.75) is 59.2 Å². The molecule has 2 fully saturated rings. The van der Waals surface area contributed by atoms with Crippen LogP contribution in [0.1, 0.15) is 47.0 Å². The maximum atomic E-state index is 9.74. The van der Waals surface area contributed by atoms with Gasteiger partial charge in [0.15, 0.2) is 5.96 Å². The van der Waals surface area contributed by atoms with Crippen LogP contribution in [0, 0.1) is 11.3 Å². The zero-order chi connectivity index (χ0) is 16.2. The van der Waals surface area contributed by atoms with Gasteiger partial charge in [-0.05, 0) is 31.6 Å². The molecule has 0 aromatic heterocycles. The molecule has 0 aromatic carbocycles. The van der Waals surface area contributed by atoms with Gasteiger partial charge in [0, 0.05) is 38.7 Å². The van der Waals surface area contributed by atoms with Crippen molar-refractivity contribution in [2.75, 3.05) is 32.8 Å². The summed E-state index contributed by atoms with van der Waals surface area (Å²) in [5.74, 6) is 1.42. The van der Waals surface area contributed by atoms with Gasteiger partial charge in [0.1, 0.15) is 0 Å². The Kier molecular flexibility index (Phi) is 8.58. The van der Waals surface area contributed by atoms with Crippen molar-refractivity contribution in [3.63, 3.8) is 0 Å². The number of nitrogens with zero attached hydrogens (tertiary/aromatic N) is 2. The molecule has 0 spiro atoms. The van der Waals surface area contributed by atoms with Crippen LogP contribution in [0.15, 0.2) is 4.99 Å². The van der Waals surface area contributed by atoms with Gasteiger partial charge in [-0.25, -0.2) is 0 Å². The van der Waals surface area contributed by atoms with Crippen molar-refractivity contribution in [1.29, 1.82) is 0 Å². The number of hydrogen-bond acceptors (Lipinski definition) is 3. The van der Waals surface area contributed by atoms with Crippen LogP contribution in [-0.2, 0) is 4.74 Å². The predicted octanol–water partition coefficient (Wildman–Crippen LogP) is 2.48. The molecule has 5 nitrogen and oxygen atoms in total. The maximum absolute atomic E-state index is 9.74. The lowest BCUT2D eigenvalue weighted by atomic mass is 9.78. The molecule has 0 bridgehead atoms. The highest BCUT2D eigenvalue weighted by atomic mass is 127. The minimum atomic E-state index is -0.218. The van der Waals surface area contributed by atoms with E-state index >= 15 is 0 Å². The van der Waals surface area contributed by atoms with E-state index in [1.807, 2.05) is 0 Å². The van der Waals surface area contributed by atoms with Gasteiger partial charge in [-0.3, -0.25) is 4.99 Å². The van der Waals surface area contributed by atoms with Crippen molar-refractivity contribution < 1.29 is 9.84 Å². The first-order valence-corrected chi connectivity index (χ1v) is 8.74. The molecule has 0 aliphatic carbocycles. The van der Waals surface area contributed by atoms with Crippen molar-refractivity contribution in [2.24, 2.45) is 16.3 Å². The van der Waals surface area contributed by atoms with Gasteiger partial charge in [0.05, 0.1) is 12.2 Å². The SMILES string of the molecule is CCNC(=NCC1CCCOC1C(C)(C)C)N1CC[C@@H](O)C1.I. The largest absolute Gasteiger partial charge is 0.391 e. The molecule has 23 heavy (non-hydrogen) atoms. The fraction of sp³-hybridized carbons (Fsp3) is 0.941. The zero-order valence-electron chi connectivity index (χ0n) is 15.0. The molecule has 0 amide bonds. The maximum Gasteiger partial charge on any atom is 0.194 e. The highest BCUT2D eigenvalue weighted by Crippen LogP contribution is 2.34. The van der Waals surface area contributed by atoms with Crippen LogP contribution in [-0.4, -0.2) is 61.0 Å². The number of rotatable bonds is 3. The molecular formula is C17H34IN3O2. The molecule has 2 rings (SSSR count). The van der Waals surface area contributed by atoms with Crippen molar-refractivity contribution in [3.05, 3.63) is 0 Å². The summed E-state index contributed by atoms with van der Waals surface area (Å²) in [6.45, 7) is 13.0. The van der Waals surface area contributed by atoms with E-state index in [9.17, 15) is 5.11 Å². The molecule has 2 N–H and O–H groups in total. The van der Waals surface area contributed by atoms with Crippen molar-refractivity contribution in [3.8, 4) is 0 Å². The summed E-state index contributed by atoms with van der Waals surface area (Å²) >= 11 is 0. The molecule has 2 heterocycles. The summed E-state index contributed by atoms with van der Waals surface area (Å²) in [5, 5.41) is 13.1. The monoisotopic (exact) mass is 439 g/mol. The smallest absolute Gasteiger partial charge is 0.194 e. The van der Waals surface area contributed by atoms with E-state index in [4.69, 9.17) is 9.73 Å². The lowest BCUT2D eigenvalue weighted by Gasteiger charge is -2.39. The molecular weight excluding hydrogens is 405 g/mol. The zero-order valence-corrected chi connectivity index (χ0v) is 17.4. The van der Waals surface area contributed by atoms with E-state index in [1.165, 1.54) is 6.42 Å². The molecule has 3 atom stereocenters. The summed E-state index contributed by atoms with van der Waals surface area (Å²) < 4.78 is 6.05. The van der Waals surface area contributed by atoms with E-state index < -0.39 is 0 Å². The standard InChI is InChI=1S/C17H33N3O2.HI/c1-5-18-16(20-9-8-14(21)12-20)19-11-13-7-6-10-22-15(13)17(2,3)4;/h13-15,21H,5-12H2,1-4H3,(H,18,19);1H/t13?,14-,15?;/m1./s1. The molecule has 136 valence electrons. The Hall–Kier alpha value is -0.0800. The second kappa shape index (κ2) is 9.42. The average Bonchev–Trinajstić information content (AvgIpc) is 2.89. The van der Waals surface area contributed by atoms with E-state index in [1.54, 1.807) is 0 Å². The molecule has 0 aromatic rings. The first kappa shape index (κ1) is 21.0. The number of ether oxygens (including phenoxy) is 1. The number of likely N-dealkylation sites (tertiary alicyclic amines) is 1. The molecule has 2 unspecified atom stereocenters. The Labute approximate surface area is 158 Å². The fourth-order valence-corrected chi connectivity index (χ4v) is 3.55. The molecule has 2 aliphatic heterocycles. The summed E-state index contributed by atoms with van der Waals surface area (Å²) in [6.07, 6.45) is 3.21. The summed E-state index contributed by atoms with van der Waals surface area (Å²) in [5.41, 5.74) is 0.156. The van der Waals surface area contributed by atoms with E-state index in [0.717, 1.165) is 45.0 Å². The minimum absolute atomic E-state index is 0. The third-order valence-corrected chi connectivity index (χ3v) is 4.57. The van der Waals surface area contributed by atoms with Gasteiger partial charge in [-0.2, -0.15) is 0 Å². The third-order valence-electron chi connectivity index (χ3n) is 4.57. The van der Waals surface area contributed by atoms with Gasteiger partial charge in [0.25, 0.3) is 0 Å². The molecule has 0 radical (unpaired) electrons. The summed E-state index contributed by atoms with van der Waals surface area (Å²) in [7, 11) is 0. The van der Waals surface area contributed by atoms with Crippen LogP contribution in [0.25, 0.3) is 0 Å². The number of halogens is 1. The molecule has 2 aliphatic rings. The van der Waals surface area contributed by atoms with Crippen LogP contribution in [0.2, 0.25) is 0 Å². The first-order chi connectivity index (χ1) is 10.4. The number of β-amino-alcohol motifs (C(OH)–C–C–N with tert-alkyl or cyclic N) is 1. The van der Waals surface area contributed by atoms with E-state index in [-0.39, 0.29) is 41.6 Å². The number of aliphatic hydroxyl groups is 1. The van der Waals surface area contributed by atoms with Gasteiger partial charge in [0.2, 0.25) is 0 Å². The van der Waals surface area contributed by atoms with Crippen molar-refractivity contribution >= 4 is 29.9 Å². The average molecular weight is 439 g/mol. The van der Waals surface area contributed by atoms with Crippen LogP contribution < -0.4 is 5.32 Å². The molecule has 2 saturated heterocycles. The van der Waals surface area contributed by atoms with E-state index in [0.29, 0.717) is 12.5 Å². The van der Waals surface area contributed by atoms with Crippen LogP contribution in [0.5, 0.6) is 0 Å². The van der Waals surface area contributed by atoms with Gasteiger partial charge in [-0.15, -0.1) is 24.0 Å². The molecule has 6 heteroatoms. The molecule has 0 saturated carbocycles. The Bertz CT molecular complexity index is 385. The highest BCUT2D eigenvalue weighted by Gasteiger charge is 2.35. The van der Waals surface area contributed by atoms with Crippen LogP contribution >= 0.6 is 24.0 Å². The number of hydrogen-bond donors (Lipinski definition) is 2. The van der Waals surface area contributed by atoms with Crippen molar-refractivity contribution in [1.82, 2.24) is 10.2 Å². The second-order valence-corrected chi connectivity index (χ2v) is 7.64. The summed E-state index contributed by atoms with van der Waals surface area (Å²) in [6, 6.07) is 0. The van der Waals surface area contributed by atoms with E-state index in [2.05, 4.69) is 37.9 Å². The topological polar surface area (TPSA) is 57.1 Å². The number of nitrogens with one attached hydrogen (secondary N) is 1. The lowest BCUT2D eigenvalue weighted by molar-refractivity contribution is -0.0824. The first-order valence-electron chi connectivity index (χ1n) is 8.74. The number of guanidine groups is 1. The Balaban J connectivity index is 0.00000264. The summed E-state index contributed by atoms with van der Waals surface area (Å²) in [4.78, 5) is 7.03. The Morgan fingerprint density at radius 1 is 1.35 bits per heavy atom. The quantitative estimate of drug-likeness (QED) is 0.403. The predicted molar refractivity (Wildman–Crippen MR) is 106 cm³/mol. The normalized spacial score (nSPS) is 29.3. The second-order valence-electron chi connectivity index (χ2n) is 7.64. The Morgan fingerprint density at radius 2 is 2.09 bits per heavy atom. The highest BCUT2D eigenvalue weighted by molar-refractivity contribution is 14.0. The van der Waals surface area contributed by atoms with Gasteiger partial charge >= 0.3 is 0 Å². The van der Waals surface area contributed by atoms with Crippen LogP contribution in [0.4, 0.5) is 0 Å². The number of aliphatic imine (C=N–C) groups is 1.